The first-order valence-electron chi connectivity index (χ1n) is 6.56. The van der Waals surface area contributed by atoms with Crippen LogP contribution in [0.5, 0.6) is 0 Å². The number of rotatable bonds is 2. The van der Waals surface area contributed by atoms with E-state index in [4.69, 9.17) is 4.74 Å². The van der Waals surface area contributed by atoms with Crippen molar-refractivity contribution in [2.24, 2.45) is 11.8 Å². The van der Waals surface area contributed by atoms with Gasteiger partial charge in [-0.1, -0.05) is 13.8 Å². The Morgan fingerprint density at radius 3 is 2.94 bits per heavy atom. The Kier molecular flexibility index (Phi) is 3.82. The van der Waals surface area contributed by atoms with Gasteiger partial charge in [0.2, 0.25) is 5.91 Å². The third-order valence-corrected chi connectivity index (χ3v) is 3.91. The Labute approximate surface area is 102 Å². The lowest BCUT2D eigenvalue weighted by molar-refractivity contribution is -0.141. The molecule has 0 saturated carbocycles. The summed E-state index contributed by atoms with van der Waals surface area (Å²) < 4.78 is 5.56. The van der Waals surface area contributed by atoms with Crippen LogP contribution in [-0.4, -0.2) is 42.4 Å². The van der Waals surface area contributed by atoms with Gasteiger partial charge in [0.25, 0.3) is 0 Å². The van der Waals surface area contributed by atoms with Crippen molar-refractivity contribution < 1.29 is 14.3 Å². The number of carbonyl (C=O) groups excluding carboxylic acids is 2. The quantitative estimate of drug-likeness (QED) is 0.728. The maximum absolute atomic E-state index is 12.4. The van der Waals surface area contributed by atoms with Gasteiger partial charge in [0.15, 0.2) is 0 Å². The zero-order valence-corrected chi connectivity index (χ0v) is 10.6. The van der Waals surface area contributed by atoms with Crippen molar-refractivity contribution in [1.29, 1.82) is 0 Å². The van der Waals surface area contributed by atoms with Crippen molar-refractivity contribution in [1.82, 2.24) is 4.90 Å². The molecule has 0 bridgehead atoms. The summed E-state index contributed by atoms with van der Waals surface area (Å²) in [6.45, 7) is 5.83. The topological polar surface area (TPSA) is 46.6 Å². The highest BCUT2D eigenvalue weighted by Gasteiger charge is 2.37. The van der Waals surface area contributed by atoms with Crippen LogP contribution in [0.1, 0.15) is 33.1 Å². The lowest BCUT2D eigenvalue weighted by atomic mass is 9.94. The maximum atomic E-state index is 12.4. The van der Waals surface area contributed by atoms with E-state index in [-0.39, 0.29) is 29.6 Å². The van der Waals surface area contributed by atoms with Gasteiger partial charge >= 0.3 is 0 Å². The lowest BCUT2D eigenvalue weighted by Gasteiger charge is -2.32. The van der Waals surface area contributed by atoms with Gasteiger partial charge in [-0.2, -0.15) is 0 Å². The van der Waals surface area contributed by atoms with E-state index in [9.17, 15) is 9.59 Å². The highest BCUT2D eigenvalue weighted by Crippen LogP contribution is 2.26. The first-order valence-corrected chi connectivity index (χ1v) is 6.56. The number of likely N-dealkylation sites (tertiary alicyclic amines) is 1. The fourth-order valence-corrected chi connectivity index (χ4v) is 2.78. The molecule has 2 heterocycles. The van der Waals surface area contributed by atoms with Gasteiger partial charge in [-0.05, 0) is 12.8 Å². The van der Waals surface area contributed by atoms with Gasteiger partial charge < -0.3 is 9.64 Å². The van der Waals surface area contributed by atoms with Gasteiger partial charge in [-0.25, -0.2) is 0 Å². The number of hydrogen-bond donors (Lipinski definition) is 0. The summed E-state index contributed by atoms with van der Waals surface area (Å²) in [6.07, 6.45) is 2.31. The Hall–Kier alpha value is -0.900. The Balaban J connectivity index is 1.98. The Morgan fingerprint density at radius 2 is 2.29 bits per heavy atom. The number of carbonyl (C=O) groups is 2. The zero-order chi connectivity index (χ0) is 12.4. The van der Waals surface area contributed by atoms with Crippen LogP contribution in [0, 0.1) is 11.8 Å². The van der Waals surface area contributed by atoms with Gasteiger partial charge in [-0.15, -0.1) is 0 Å². The molecular weight excluding hydrogens is 218 g/mol. The summed E-state index contributed by atoms with van der Waals surface area (Å²) in [5.41, 5.74) is 0. The summed E-state index contributed by atoms with van der Waals surface area (Å²) in [5.74, 6) is 0.480. The molecule has 0 radical (unpaired) electrons. The van der Waals surface area contributed by atoms with E-state index in [0.717, 1.165) is 12.8 Å². The summed E-state index contributed by atoms with van der Waals surface area (Å²) in [5, 5.41) is 0. The minimum Gasteiger partial charge on any atom is -0.377 e. The average molecular weight is 239 g/mol. The van der Waals surface area contributed by atoms with Crippen LogP contribution in [0.25, 0.3) is 0 Å². The molecule has 2 fully saturated rings. The highest BCUT2D eigenvalue weighted by atomic mass is 16.5. The first kappa shape index (κ1) is 12.6. The van der Waals surface area contributed by atoms with Crippen LogP contribution in [0.2, 0.25) is 0 Å². The smallest absolute Gasteiger partial charge is 0.228 e. The number of hydrogen-bond acceptors (Lipinski definition) is 3. The predicted molar refractivity (Wildman–Crippen MR) is 63.5 cm³/mol. The molecule has 2 rings (SSSR count). The minimum atomic E-state index is -0.00454. The highest BCUT2D eigenvalue weighted by molar-refractivity contribution is 5.86. The molecule has 3 unspecified atom stereocenters. The Bertz CT molecular complexity index is 316. The maximum Gasteiger partial charge on any atom is 0.228 e. The minimum absolute atomic E-state index is 0.00454. The molecule has 0 aliphatic carbocycles. The molecule has 0 aromatic heterocycles. The molecule has 2 aliphatic heterocycles. The van der Waals surface area contributed by atoms with Crippen molar-refractivity contribution in [2.45, 2.75) is 39.2 Å². The van der Waals surface area contributed by atoms with E-state index < -0.39 is 0 Å². The van der Waals surface area contributed by atoms with Crippen molar-refractivity contribution in [2.75, 3.05) is 19.7 Å². The van der Waals surface area contributed by atoms with Crippen LogP contribution in [0.3, 0.4) is 0 Å². The molecule has 0 spiro atoms. The fourth-order valence-electron chi connectivity index (χ4n) is 2.78. The van der Waals surface area contributed by atoms with Gasteiger partial charge in [0, 0.05) is 32.0 Å². The second-order valence-corrected chi connectivity index (χ2v) is 5.11. The lowest BCUT2D eigenvalue weighted by Crippen LogP contribution is -2.47. The van der Waals surface area contributed by atoms with Gasteiger partial charge in [0.05, 0.1) is 12.0 Å². The largest absolute Gasteiger partial charge is 0.377 e. The van der Waals surface area contributed by atoms with Gasteiger partial charge in [-0.3, -0.25) is 9.59 Å². The number of Topliss-reactive ketones (excluding diaryl/α,β-unsaturated/α-hetero) is 1. The molecule has 0 aromatic rings. The third-order valence-electron chi connectivity index (χ3n) is 3.91. The van der Waals surface area contributed by atoms with E-state index in [2.05, 4.69) is 6.92 Å². The van der Waals surface area contributed by atoms with Crippen LogP contribution >= 0.6 is 0 Å². The van der Waals surface area contributed by atoms with Crippen LogP contribution in [0.15, 0.2) is 0 Å². The molecule has 96 valence electrons. The van der Waals surface area contributed by atoms with Crippen molar-refractivity contribution in [3.63, 3.8) is 0 Å². The van der Waals surface area contributed by atoms with Gasteiger partial charge in [0.1, 0.15) is 5.78 Å². The monoisotopic (exact) mass is 239 g/mol. The number of nitrogens with zero attached hydrogens (tertiary/aromatic N) is 1. The van der Waals surface area contributed by atoms with Crippen molar-refractivity contribution >= 4 is 11.7 Å². The predicted octanol–water partition coefficient (Wildman–Crippen LogP) is 1.24. The summed E-state index contributed by atoms with van der Waals surface area (Å²) in [4.78, 5) is 25.7. The molecule has 2 saturated heterocycles. The second kappa shape index (κ2) is 5.17. The molecule has 1 amide bonds. The Morgan fingerprint density at radius 1 is 1.53 bits per heavy atom. The standard InChI is InChI=1S/C13H21NO3/c1-3-12-10(5-7-17-12)13(16)14-6-4-11(15)9(2)8-14/h9-10,12H,3-8H2,1-2H3. The first-order chi connectivity index (χ1) is 8.13. The number of amides is 1. The van der Waals surface area contributed by atoms with Crippen LogP contribution < -0.4 is 0 Å². The molecule has 17 heavy (non-hydrogen) atoms. The average Bonchev–Trinajstić information content (AvgIpc) is 2.80. The fraction of sp³-hybridized carbons (Fsp3) is 0.846. The van der Waals surface area contributed by atoms with E-state index in [0.29, 0.717) is 26.1 Å². The summed E-state index contributed by atoms with van der Waals surface area (Å²) >= 11 is 0. The molecule has 4 nitrogen and oxygen atoms in total. The van der Waals surface area contributed by atoms with E-state index >= 15 is 0 Å². The number of ketones is 1. The normalized spacial score (nSPS) is 34.1. The van der Waals surface area contributed by atoms with E-state index in [1.165, 1.54) is 0 Å². The summed E-state index contributed by atoms with van der Waals surface area (Å²) in [7, 11) is 0. The molecule has 0 N–H and O–H groups in total. The van der Waals surface area contributed by atoms with Crippen molar-refractivity contribution in [3.8, 4) is 0 Å². The second-order valence-electron chi connectivity index (χ2n) is 5.11. The van der Waals surface area contributed by atoms with E-state index in [1.54, 1.807) is 0 Å². The SMILES string of the molecule is CCC1OCCC1C(=O)N1CCC(=O)C(C)C1. The summed E-state index contributed by atoms with van der Waals surface area (Å²) in [6, 6.07) is 0. The number of ether oxygens (including phenoxy) is 1. The molecule has 3 atom stereocenters. The molecule has 0 aromatic carbocycles. The van der Waals surface area contributed by atoms with Crippen LogP contribution in [-0.2, 0) is 14.3 Å². The van der Waals surface area contributed by atoms with Crippen LogP contribution in [0.4, 0.5) is 0 Å². The van der Waals surface area contributed by atoms with Crippen molar-refractivity contribution in [3.05, 3.63) is 0 Å². The molecular formula is C13H21NO3. The molecule has 2 aliphatic rings. The third kappa shape index (κ3) is 2.51. The number of piperidine rings is 1. The zero-order valence-electron chi connectivity index (χ0n) is 10.6. The van der Waals surface area contributed by atoms with E-state index in [1.807, 2.05) is 11.8 Å². The molecule has 4 heteroatoms.